The van der Waals surface area contributed by atoms with E-state index in [9.17, 15) is 4.39 Å². The summed E-state index contributed by atoms with van der Waals surface area (Å²) in [4.78, 5) is 0. The fraction of sp³-hybridized carbons (Fsp3) is 0.455. The first-order valence-corrected chi connectivity index (χ1v) is 5.58. The Bertz CT molecular complexity index is 327. The molecule has 0 radical (unpaired) electrons. The summed E-state index contributed by atoms with van der Waals surface area (Å²) in [7, 11) is 0. The molecule has 14 heavy (non-hydrogen) atoms. The zero-order chi connectivity index (χ0) is 10.2. The van der Waals surface area contributed by atoms with Gasteiger partial charge in [0.2, 0.25) is 0 Å². The highest BCUT2D eigenvalue weighted by molar-refractivity contribution is 9.10. The zero-order valence-corrected chi connectivity index (χ0v) is 9.48. The van der Waals surface area contributed by atoms with Crippen LogP contribution in [0.3, 0.4) is 0 Å². The summed E-state index contributed by atoms with van der Waals surface area (Å²) >= 11 is 3.29. The van der Waals surface area contributed by atoms with E-state index in [2.05, 4.69) is 15.9 Å². The lowest BCUT2D eigenvalue weighted by Gasteiger charge is -2.12. The van der Waals surface area contributed by atoms with E-state index >= 15 is 0 Å². The van der Waals surface area contributed by atoms with Crippen LogP contribution < -0.4 is 5.73 Å². The van der Waals surface area contributed by atoms with Crippen molar-refractivity contribution in [1.29, 1.82) is 0 Å². The number of hydrogen-bond donors (Lipinski definition) is 1. The van der Waals surface area contributed by atoms with Gasteiger partial charge in [0.15, 0.2) is 0 Å². The fourth-order valence-corrected chi connectivity index (χ4v) is 2.29. The summed E-state index contributed by atoms with van der Waals surface area (Å²) in [5, 5.41) is 0. The van der Waals surface area contributed by atoms with Crippen LogP contribution in [0.15, 0.2) is 22.7 Å². The summed E-state index contributed by atoms with van der Waals surface area (Å²) in [6.07, 6.45) is 3.26. The summed E-state index contributed by atoms with van der Waals surface area (Å²) in [6, 6.07) is 5.05. The molecule has 1 aromatic rings. The van der Waals surface area contributed by atoms with Crippen LogP contribution in [0.5, 0.6) is 0 Å². The molecule has 1 fully saturated rings. The quantitative estimate of drug-likeness (QED) is 0.886. The lowest BCUT2D eigenvalue weighted by Crippen LogP contribution is -2.17. The third-order valence-corrected chi connectivity index (χ3v) is 3.35. The van der Waals surface area contributed by atoms with Crippen LogP contribution in [0.1, 0.15) is 18.4 Å². The highest BCUT2D eigenvalue weighted by Crippen LogP contribution is 2.47. The molecule has 1 nitrogen and oxygen atoms in total. The molecule has 0 unspecified atom stereocenters. The van der Waals surface area contributed by atoms with E-state index in [0.29, 0.717) is 6.54 Å². The molecule has 0 amide bonds. The van der Waals surface area contributed by atoms with Gasteiger partial charge in [-0.3, -0.25) is 0 Å². The van der Waals surface area contributed by atoms with E-state index in [1.807, 2.05) is 6.07 Å². The van der Waals surface area contributed by atoms with Gasteiger partial charge in [0.25, 0.3) is 0 Å². The van der Waals surface area contributed by atoms with Crippen LogP contribution in [-0.2, 0) is 6.42 Å². The molecular weight excluding hydrogens is 245 g/mol. The van der Waals surface area contributed by atoms with E-state index in [1.54, 1.807) is 6.07 Å². The largest absolute Gasteiger partial charge is 0.330 e. The van der Waals surface area contributed by atoms with Gasteiger partial charge in [0.05, 0.1) is 0 Å². The molecule has 1 aliphatic carbocycles. The molecule has 0 heterocycles. The van der Waals surface area contributed by atoms with E-state index in [1.165, 1.54) is 18.9 Å². The van der Waals surface area contributed by atoms with Crippen LogP contribution in [0.25, 0.3) is 0 Å². The van der Waals surface area contributed by atoms with Crippen molar-refractivity contribution in [2.75, 3.05) is 6.54 Å². The average molecular weight is 258 g/mol. The van der Waals surface area contributed by atoms with Gasteiger partial charge < -0.3 is 5.73 Å². The Morgan fingerprint density at radius 2 is 2.07 bits per heavy atom. The average Bonchev–Trinajstić information content (AvgIpc) is 2.83. The lowest BCUT2D eigenvalue weighted by atomic mass is 9.97. The molecule has 1 aliphatic rings. The van der Waals surface area contributed by atoms with Crippen molar-refractivity contribution in [2.24, 2.45) is 11.1 Å². The van der Waals surface area contributed by atoms with Crippen molar-refractivity contribution >= 4 is 15.9 Å². The maximum atomic E-state index is 13.1. The Hall–Kier alpha value is -0.410. The fourth-order valence-electron chi connectivity index (χ4n) is 1.78. The third kappa shape index (κ3) is 2.15. The Morgan fingerprint density at radius 3 is 2.57 bits per heavy atom. The van der Waals surface area contributed by atoms with Gasteiger partial charge in [0.1, 0.15) is 5.82 Å². The minimum absolute atomic E-state index is 0.179. The highest BCUT2D eigenvalue weighted by Gasteiger charge is 2.40. The summed E-state index contributed by atoms with van der Waals surface area (Å²) in [6.45, 7) is 0.709. The Morgan fingerprint density at radius 1 is 1.36 bits per heavy atom. The van der Waals surface area contributed by atoms with Gasteiger partial charge in [-0.25, -0.2) is 4.39 Å². The van der Waals surface area contributed by atoms with Crippen LogP contribution >= 0.6 is 15.9 Å². The predicted octanol–water partition coefficient (Wildman–Crippen LogP) is 2.87. The predicted molar refractivity (Wildman–Crippen MR) is 58.5 cm³/mol. The summed E-state index contributed by atoms with van der Waals surface area (Å²) < 4.78 is 13.9. The number of rotatable bonds is 3. The van der Waals surface area contributed by atoms with Crippen LogP contribution in [0.2, 0.25) is 0 Å². The molecule has 1 aromatic carbocycles. The minimum atomic E-state index is -0.179. The Balaban J connectivity index is 2.16. The topological polar surface area (TPSA) is 26.0 Å². The van der Waals surface area contributed by atoms with E-state index in [4.69, 9.17) is 5.73 Å². The van der Waals surface area contributed by atoms with Gasteiger partial charge >= 0.3 is 0 Å². The first-order chi connectivity index (χ1) is 6.63. The van der Waals surface area contributed by atoms with E-state index in [0.717, 1.165) is 16.5 Å². The van der Waals surface area contributed by atoms with Gasteiger partial charge in [-0.05, 0) is 55.0 Å². The van der Waals surface area contributed by atoms with Gasteiger partial charge in [-0.2, -0.15) is 0 Å². The second kappa shape index (κ2) is 3.63. The number of halogens is 2. The second-order valence-corrected chi connectivity index (χ2v) is 5.07. The third-order valence-electron chi connectivity index (χ3n) is 2.89. The molecule has 2 rings (SSSR count). The molecule has 3 heteroatoms. The van der Waals surface area contributed by atoms with Crippen molar-refractivity contribution < 1.29 is 4.39 Å². The molecule has 1 saturated carbocycles. The normalized spacial score (nSPS) is 18.2. The maximum Gasteiger partial charge on any atom is 0.124 e. The number of hydrogen-bond acceptors (Lipinski definition) is 1. The Kier molecular flexibility index (Phi) is 2.62. The molecule has 0 aromatic heterocycles. The zero-order valence-electron chi connectivity index (χ0n) is 7.89. The number of benzene rings is 1. The van der Waals surface area contributed by atoms with Gasteiger partial charge in [-0.15, -0.1) is 0 Å². The van der Waals surface area contributed by atoms with Crippen molar-refractivity contribution in [3.8, 4) is 0 Å². The number of nitrogens with two attached hydrogens (primary N) is 1. The molecule has 76 valence electrons. The van der Waals surface area contributed by atoms with Crippen LogP contribution in [-0.4, -0.2) is 6.54 Å². The maximum absolute atomic E-state index is 13.1. The van der Waals surface area contributed by atoms with Crippen molar-refractivity contribution in [3.63, 3.8) is 0 Å². The van der Waals surface area contributed by atoms with Gasteiger partial charge in [0, 0.05) is 4.47 Å². The first-order valence-electron chi connectivity index (χ1n) is 4.79. The Labute approximate surface area is 91.6 Å². The standard InChI is InChI=1S/C11H13BrFN/c12-9-3-8(4-10(13)5-9)6-11(7-14)1-2-11/h3-5H,1-2,6-7,14H2. The molecule has 0 spiro atoms. The van der Waals surface area contributed by atoms with Crippen LogP contribution in [0, 0.1) is 11.2 Å². The molecule has 0 atom stereocenters. The molecule has 0 bridgehead atoms. The summed E-state index contributed by atoms with van der Waals surface area (Å²) in [5.41, 5.74) is 7.00. The second-order valence-electron chi connectivity index (χ2n) is 4.16. The van der Waals surface area contributed by atoms with E-state index < -0.39 is 0 Å². The summed E-state index contributed by atoms with van der Waals surface area (Å²) in [5.74, 6) is -0.179. The molecular formula is C11H13BrFN. The monoisotopic (exact) mass is 257 g/mol. The highest BCUT2D eigenvalue weighted by atomic mass is 79.9. The smallest absolute Gasteiger partial charge is 0.124 e. The molecule has 2 N–H and O–H groups in total. The van der Waals surface area contributed by atoms with Crippen molar-refractivity contribution in [1.82, 2.24) is 0 Å². The first kappa shape index (κ1) is 10.1. The SMILES string of the molecule is NCC1(Cc2cc(F)cc(Br)c2)CC1. The molecule has 0 aliphatic heterocycles. The van der Waals surface area contributed by atoms with Crippen molar-refractivity contribution in [3.05, 3.63) is 34.1 Å². The van der Waals surface area contributed by atoms with Crippen molar-refractivity contribution in [2.45, 2.75) is 19.3 Å². The minimum Gasteiger partial charge on any atom is -0.330 e. The molecule has 0 saturated heterocycles. The lowest BCUT2D eigenvalue weighted by molar-refractivity contribution is 0.518. The van der Waals surface area contributed by atoms with Crippen LogP contribution in [0.4, 0.5) is 4.39 Å². The van der Waals surface area contributed by atoms with E-state index in [-0.39, 0.29) is 11.2 Å². The van der Waals surface area contributed by atoms with Gasteiger partial charge in [-0.1, -0.05) is 15.9 Å².